The number of methoxy groups -OCH3 is 1. The number of rotatable bonds is 9. The molecule has 0 saturated carbocycles. The molecule has 0 aliphatic rings. The first kappa shape index (κ1) is 17.0. The van der Waals surface area contributed by atoms with Crippen molar-refractivity contribution in [3.63, 3.8) is 0 Å². The lowest BCUT2D eigenvalue weighted by Gasteiger charge is -2.25. The molecule has 0 heterocycles. The van der Waals surface area contributed by atoms with Crippen LogP contribution >= 0.6 is 0 Å². The van der Waals surface area contributed by atoms with Gasteiger partial charge in [0.2, 0.25) is 0 Å². The SMILES string of the molecule is C=CCN(CCO)S(=O)(=O)N(C)CCC(=O)OC. The Hall–Kier alpha value is -0.960. The third-order valence-corrected chi connectivity index (χ3v) is 4.22. The predicted octanol–water partition coefficient (Wildman–Crippen LogP) is -0.794. The van der Waals surface area contributed by atoms with Crippen LogP contribution < -0.4 is 0 Å². The smallest absolute Gasteiger partial charge is 0.306 e. The maximum atomic E-state index is 12.1. The fourth-order valence-corrected chi connectivity index (χ4v) is 2.54. The molecule has 0 saturated heterocycles. The number of hydrogen-bond acceptors (Lipinski definition) is 5. The van der Waals surface area contributed by atoms with Gasteiger partial charge in [-0.3, -0.25) is 4.79 Å². The Bertz CT molecular complexity index is 368. The molecule has 8 heteroatoms. The number of aliphatic hydroxyl groups is 1. The fourth-order valence-electron chi connectivity index (χ4n) is 1.22. The first-order chi connectivity index (χ1) is 8.39. The second-order valence-corrected chi connectivity index (χ2v) is 5.56. The van der Waals surface area contributed by atoms with Crippen LogP contribution in [0, 0.1) is 0 Å². The number of esters is 1. The first-order valence-electron chi connectivity index (χ1n) is 5.40. The van der Waals surface area contributed by atoms with Crippen LogP contribution in [0.2, 0.25) is 0 Å². The van der Waals surface area contributed by atoms with Crippen LogP contribution in [0.15, 0.2) is 12.7 Å². The van der Waals surface area contributed by atoms with Crippen molar-refractivity contribution in [2.45, 2.75) is 6.42 Å². The molecule has 0 aromatic carbocycles. The molecule has 18 heavy (non-hydrogen) atoms. The molecular weight excluding hydrogens is 260 g/mol. The number of carbonyl (C=O) groups is 1. The van der Waals surface area contributed by atoms with Crippen molar-refractivity contribution in [2.75, 3.05) is 40.4 Å². The van der Waals surface area contributed by atoms with E-state index in [2.05, 4.69) is 11.3 Å². The van der Waals surface area contributed by atoms with E-state index in [1.165, 1.54) is 20.2 Å². The molecule has 0 unspecified atom stereocenters. The quantitative estimate of drug-likeness (QED) is 0.441. The number of hydrogen-bond donors (Lipinski definition) is 1. The maximum absolute atomic E-state index is 12.1. The summed E-state index contributed by atoms with van der Waals surface area (Å²) in [6, 6.07) is 0. The van der Waals surface area contributed by atoms with Crippen LogP contribution in [-0.4, -0.2) is 68.5 Å². The zero-order valence-corrected chi connectivity index (χ0v) is 11.5. The highest BCUT2D eigenvalue weighted by atomic mass is 32.2. The van der Waals surface area contributed by atoms with E-state index in [1.807, 2.05) is 0 Å². The molecule has 1 N–H and O–H groups in total. The van der Waals surface area contributed by atoms with E-state index >= 15 is 0 Å². The fraction of sp³-hybridized carbons (Fsp3) is 0.700. The molecule has 0 radical (unpaired) electrons. The molecule has 0 rings (SSSR count). The summed E-state index contributed by atoms with van der Waals surface area (Å²) < 4.78 is 30.7. The first-order valence-corrected chi connectivity index (χ1v) is 6.79. The van der Waals surface area contributed by atoms with Gasteiger partial charge in [-0.2, -0.15) is 17.0 Å². The number of nitrogens with zero attached hydrogens (tertiary/aromatic N) is 2. The van der Waals surface area contributed by atoms with Crippen LogP contribution in [-0.2, 0) is 19.7 Å². The molecule has 0 bridgehead atoms. The monoisotopic (exact) mass is 280 g/mol. The van der Waals surface area contributed by atoms with Gasteiger partial charge in [-0.1, -0.05) is 6.08 Å². The highest BCUT2D eigenvalue weighted by Gasteiger charge is 2.25. The maximum Gasteiger partial charge on any atom is 0.306 e. The minimum absolute atomic E-state index is 0.0169. The van der Waals surface area contributed by atoms with Gasteiger partial charge in [0.15, 0.2) is 0 Å². The van der Waals surface area contributed by atoms with E-state index in [9.17, 15) is 13.2 Å². The Kier molecular flexibility index (Phi) is 7.76. The minimum Gasteiger partial charge on any atom is -0.469 e. The van der Waals surface area contributed by atoms with Crippen LogP contribution in [0.5, 0.6) is 0 Å². The van der Waals surface area contributed by atoms with E-state index in [0.717, 1.165) is 8.61 Å². The molecule has 0 amide bonds. The van der Waals surface area contributed by atoms with Gasteiger partial charge < -0.3 is 9.84 Å². The van der Waals surface area contributed by atoms with Gasteiger partial charge in [-0.25, -0.2) is 0 Å². The topological polar surface area (TPSA) is 87.2 Å². The Morgan fingerprint density at radius 3 is 2.50 bits per heavy atom. The molecule has 0 spiro atoms. The molecule has 106 valence electrons. The molecule has 0 fully saturated rings. The summed E-state index contributed by atoms with van der Waals surface area (Å²) in [5, 5.41) is 8.83. The lowest BCUT2D eigenvalue weighted by Crippen LogP contribution is -2.44. The standard InChI is InChI=1S/C10H20N2O5S/c1-4-6-12(8-9-13)18(15,16)11(2)7-5-10(14)17-3/h4,13H,1,5-9H2,2-3H3. The average molecular weight is 280 g/mol. The minimum atomic E-state index is -3.70. The lowest BCUT2D eigenvalue weighted by atomic mass is 10.4. The van der Waals surface area contributed by atoms with E-state index in [1.54, 1.807) is 0 Å². The summed E-state index contributed by atoms with van der Waals surface area (Å²) in [6.45, 7) is 3.29. The van der Waals surface area contributed by atoms with Crippen molar-refractivity contribution in [3.8, 4) is 0 Å². The summed E-state index contributed by atoms with van der Waals surface area (Å²) in [6.07, 6.45) is 1.41. The van der Waals surface area contributed by atoms with Gasteiger partial charge in [0.1, 0.15) is 0 Å². The second-order valence-electron chi connectivity index (χ2n) is 3.53. The van der Waals surface area contributed by atoms with Gasteiger partial charge >= 0.3 is 5.97 Å². The van der Waals surface area contributed by atoms with Gasteiger partial charge in [0, 0.05) is 26.7 Å². The Morgan fingerprint density at radius 1 is 1.44 bits per heavy atom. The zero-order valence-electron chi connectivity index (χ0n) is 10.7. The molecule has 7 nitrogen and oxygen atoms in total. The Morgan fingerprint density at radius 2 is 2.06 bits per heavy atom. The normalized spacial score (nSPS) is 11.8. The highest BCUT2D eigenvalue weighted by Crippen LogP contribution is 2.07. The van der Waals surface area contributed by atoms with Crippen molar-refractivity contribution in [2.24, 2.45) is 0 Å². The number of carbonyl (C=O) groups excluding carboxylic acids is 1. The highest BCUT2D eigenvalue weighted by molar-refractivity contribution is 7.86. The Labute approximate surface area is 108 Å². The van der Waals surface area contributed by atoms with Gasteiger partial charge in [0.05, 0.1) is 20.1 Å². The van der Waals surface area contributed by atoms with E-state index in [-0.39, 0.29) is 32.7 Å². The molecular formula is C10H20N2O5S. The van der Waals surface area contributed by atoms with Crippen LogP contribution in [0.25, 0.3) is 0 Å². The van der Waals surface area contributed by atoms with E-state index in [4.69, 9.17) is 5.11 Å². The largest absolute Gasteiger partial charge is 0.469 e. The summed E-state index contributed by atoms with van der Waals surface area (Å²) in [5.74, 6) is -0.477. The summed E-state index contributed by atoms with van der Waals surface area (Å²) in [5.41, 5.74) is 0. The van der Waals surface area contributed by atoms with Gasteiger partial charge in [-0.15, -0.1) is 6.58 Å². The second kappa shape index (κ2) is 8.20. The summed E-state index contributed by atoms with van der Waals surface area (Å²) in [4.78, 5) is 11.0. The van der Waals surface area contributed by atoms with Gasteiger partial charge in [0.25, 0.3) is 10.2 Å². The van der Waals surface area contributed by atoms with Crippen molar-refractivity contribution in [1.29, 1.82) is 0 Å². The Balaban J connectivity index is 4.65. The molecule has 0 aromatic heterocycles. The zero-order chi connectivity index (χ0) is 14.2. The van der Waals surface area contributed by atoms with Crippen LogP contribution in [0.3, 0.4) is 0 Å². The van der Waals surface area contributed by atoms with Crippen molar-refractivity contribution in [1.82, 2.24) is 8.61 Å². The predicted molar refractivity (Wildman–Crippen MR) is 67.0 cm³/mol. The van der Waals surface area contributed by atoms with Gasteiger partial charge in [-0.05, 0) is 0 Å². The van der Waals surface area contributed by atoms with Crippen molar-refractivity contribution >= 4 is 16.2 Å². The molecule has 0 aromatic rings. The number of aliphatic hydroxyl groups excluding tert-OH is 1. The van der Waals surface area contributed by atoms with Crippen molar-refractivity contribution in [3.05, 3.63) is 12.7 Å². The average Bonchev–Trinajstić information content (AvgIpc) is 2.34. The lowest BCUT2D eigenvalue weighted by molar-refractivity contribution is -0.140. The summed E-state index contributed by atoms with van der Waals surface area (Å²) >= 11 is 0. The third-order valence-electron chi connectivity index (χ3n) is 2.26. The molecule has 0 atom stereocenters. The van der Waals surface area contributed by atoms with E-state index < -0.39 is 16.2 Å². The third kappa shape index (κ3) is 5.13. The van der Waals surface area contributed by atoms with Crippen LogP contribution in [0.4, 0.5) is 0 Å². The van der Waals surface area contributed by atoms with E-state index in [0.29, 0.717) is 0 Å². The summed E-state index contributed by atoms with van der Waals surface area (Å²) in [7, 11) is -1.09. The van der Waals surface area contributed by atoms with Crippen molar-refractivity contribution < 1.29 is 23.1 Å². The molecule has 0 aliphatic heterocycles. The van der Waals surface area contributed by atoms with Crippen LogP contribution in [0.1, 0.15) is 6.42 Å². The molecule has 0 aliphatic carbocycles. The number of ether oxygens (including phenoxy) is 1.